The summed E-state index contributed by atoms with van der Waals surface area (Å²) in [5, 5.41) is 0. The predicted octanol–water partition coefficient (Wildman–Crippen LogP) is 9.88. The molecule has 0 bridgehead atoms. The summed E-state index contributed by atoms with van der Waals surface area (Å²) in [5.41, 5.74) is 4.99. The smallest absolute Gasteiger partial charge is 0.487 e. The molecule has 0 radical (unpaired) electrons. The molecule has 1 aliphatic rings. The molecule has 0 amide bonds. The van der Waals surface area contributed by atoms with Crippen molar-refractivity contribution in [3.63, 3.8) is 0 Å². The van der Waals surface area contributed by atoms with Gasteiger partial charge in [-0.05, 0) is 47.5 Å². The summed E-state index contributed by atoms with van der Waals surface area (Å²) in [6, 6.07) is 44.7. The van der Waals surface area contributed by atoms with Crippen LogP contribution >= 0.6 is 0 Å². The van der Waals surface area contributed by atoms with Gasteiger partial charge < -0.3 is 72.4 Å². The van der Waals surface area contributed by atoms with Gasteiger partial charge in [0.25, 0.3) is 0 Å². The first-order valence-corrected chi connectivity index (χ1v) is 21.7. The Morgan fingerprint density at radius 2 is 0.544 bits per heavy atom. The number of ether oxygens (including phenoxy) is 8. The molecule has 0 fully saturated rings. The first kappa shape index (κ1) is 54.4. The SMILES string of the molecule is F[B-](F)(F)F.F[B-](F)(F)F.c1ccc(-c2ccc[n+](CC[n+]3cccc(-c4ccccc4)c3)c2)cc1.c1ccc2c(c1)OCCOCCOCCOc1ccccc1OCCOCCOCCO2. The van der Waals surface area contributed by atoms with Crippen LogP contribution < -0.4 is 28.1 Å². The first-order chi connectivity index (χ1) is 32.8. The molecule has 0 N–H and O–H groups in total. The summed E-state index contributed by atoms with van der Waals surface area (Å²) < 4.78 is 128. The van der Waals surface area contributed by atoms with Gasteiger partial charge in [-0.15, -0.1) is 0 Å². The van der Waals surface area contributed by atoms with Crippen LogP contribution in [0.3, 0.4) is 0 Å². The fourth-order valence-corrected chi connectivity index (χ4v) is 6.02. The Labute approximate surface area is 391 Å². The van der Waals surface area contributed by atoms with E-state index in [1.807, 2.05) is 48.5 Å². The minimum atomic E-state index is -6.00. The highest BCUT2D eigenvalue weighted by molar-refractivity contribution is 6.50. The number of para-hydroxylation sites is 4. The largest absolute Gasteiger partial charge is 0.673 e. The average Bonchev–Trinajstić information content (AvgIpc) is 3.32. The normalized spacial score (nSPS) is 14.4. The van der Waals surface area contributed by atoms with Gasteiger partial charge in [0.05, 0.1) is 52.9 Å². The van der Waals surface area contributed by atoms with E-state index in [0.717, 1.165) is 13.1 Å². The van der Waals surface area contributed by atoms with Crippen molar-refractivity contribution in [2.45, 2.75) is 13.1 Å². The second-order valence-corrected chi connectivity index (χ2v) is 14.1. The molecule has 20 heteroatoms. The minimum Gasteiger partial charge on any atom is -0.487 e. The van der Waals surface area contributed by atoms with E-state index in [1.165, 1.54) is 22.3 Å². The van der Waals surface area contributed by atoms with Crippen molar-refractivity contribution < 1.29 is 81.6 Å². The van der Waals surface area contributed by atoms with Gasteiger partial charge in [0.1, 0.15) is 26.4 Å². The van der Waals surface area contributed by atoms with Crippen LogP contribution in [0.2, 0.25) is 0 Å². The van der Waals surface area contributed by atoms with E-state index in [0.29, 0.717) is 102 Å². The molecule has 0 unspecified atom stereocenters. The molecular formula is C48H54B2F8N2O8. The Morgan fingerprint density at radius 1 is 0.309 bits per heavy atom. The van der Waals surface area contributed by atoms with Gasteiger partial charge >= 0.3 is 14.5 Å². The second-order valence-electron chi connectivity index (χ2n) is 14.1. The van der Waals surface area contributed by atoms with Crippen LogP contribution in [-0.4, -0.2) is 93.8 Å². The van der Waals surface area contributed by atoms with Crippen molar-refractivity contribution in [2.24, 2.45) is 0 Å². The van der Waals surface area contributed by atoms with Crippen LogP contribution in [0.1, 0.15) is 0 Å². The quantitative estimate of drug-likeness (QED) is 0.0961. The van der Waals surface area contributed by atoms with Gasteiger partial charge in [-0.1, -0.05) is 84.9 Å². The summed E-state index contributed by atoms with van der Waals surface area (Å²) >= 11 is 0. The van der Waals surface area contributed by atoms with Crippen molar-refractivity contribution >= 4 is 14.5 Å². The summed E-state index contributed by atoms with van der Waals surface area (Å²) in [5.74, 6) is 2.73. The summed E-state index contributed by atoms with van der Waals surface area (Å²) in [6.45, 7) is 7.35. The van der Waals surface area contributed by atoms with Crippen molar-refractivity contribution in [1.29, 1.82) is 0 Å². The molecule has 10 nitrogen and oxygen atoms in total. The molecule has 2 aromatic heterocycles. The number of hydrogen-bond acceptors (Lipinski definition) is 8. The highest BCUT2D eigenvalue weighted by atomic mass is 19.5. The lowest BCUT2D eigenvalue weighted by Crippen LogP contribution is -2.44. The number of aryl methyl sites for hydroxylation is 2. The minimum absolute atomic E-state index is 0.425. The molecule has 1 aliphatic heterocycles. The molecular weight excluding hydrogens is 906 g/mol. The zero-order valence-corrected chi connectivity index (χ0v) is 37.2. The lowest BCUT2D eigenvalue weighted by Gasteiger charge is -2.14. The Morgan fingerprint density at radius 3 is 0.824 bits per heavy atom. The number of halogens is 8. The van der Waals surface area contributed by atoms with Crippen LogP contribution in [0.5, 0.6) is 23.0 Å². The van der Waals surface area contributed by atoms with Crippen molar-refractivity contribution in [2.75, 3.05) is 79.3 Å². The third-order valence-corrected chi connectivity index (χ3v) is 8.93. The predicted molar refractivity (Wildman–Crippen MR) is 243 cm³/mol. The summed E-state index contributed by atoms with van der Waals surface area (Å²) in [4.78, 5) is 0. The van der Waals surface area contributed by atoms with E-state index in [1.54, 1.807) is 0 Å². The van der Waals surface area contributed by atoms with Crippen LogP contribution in [0.15, 0.2) is 158 Å². The third kappa shape index (κ3) is 25.1. The Balaban J connectivity index is 0.000000250. The number of hydrogen-bond donors (Lipinski definition) is 0. The van der Waals surface area contributed by atoms with E-state index < -0.39 is 14.5 Å². The molecule has 0 spiro atoms. The fourth-order valence-electron chi connectivity index (χ4n) is 6.02. The van der Waals surface area contributed by atoms with Gasteiger partial charge in [0.2, 0.25) is 13.1 Å². The zero-order valence-electron chi connectivity index (χ0n) is 37.2. The Bertz CT molecular complexity index is 2040. The number of rotatable bonds is 5. The topological polar surface area (TPSA) is 81.6 Å². The molecule has 4 aromatic carbocycles. The fraction of sp³-hybridized carbons (Fsp3) is 0.292. The van der Waals surface area contributed by atoms with E-state index in [-0.39, 0.29) is 0 Å². The van der Waals surface area contributed by atoms with Gasteiger partial charge in [-0.25, -0.2) is 0 Å². The van der Waals surface area contributed by atoms with E-state index in [2.05, 4.69) is 119 Å². The number of aromatic nitrogens is 2. The molecule has 0 saturated carbocycles. The zero-order chi connectivity index (χ0) is 48.7. The second kappa shape index (κ2) is 31.0. The molecule has 366 valence electrons. The van der Waals surface area contributed by atoms with Crippen molar-refractivity contribution in [3.8, 4) is 45.3 Å². The van der Waals surface area contributed by atoms with E-state index in [9.17, 15) is 34.5 Å². The molecule has 3 heterocycles. The first-order valence-electron chi connectivity index (χ1n) is 21.7. The van der Waals surface area contributed by atoms with Crippen LogP contribution in [0, 0.1) is 0 Å². The van der Waals surface area contributed by atoms with E-state index in [4.69, 9.17) is 37.9 Å². The van der Waals surface area contributed by atoms with Gasteiger partial charge in [-0.3, -0.25) is 0 Å². The number of benzene rings is 4. The van der Waals surface area contributed by atoms with Gasteiger partial charge in [0.15, 0.2) is 47.8 Å². The Hall–Kier alpha value is -6.21. The lowest BCUT2D eigenvalue weighted by molar-refractivity contribution is -0.778. The molecule has 68 heavy (non-hydrogen) atoms. The molecule has 0 aliphatic carbocycles. The number of pyridine rings is 2. The maximum Gasteiger partial charge on any atom is 0.673 e. The lowest BCUT2D eigenvalue weighted by atomic mass is 10.1. The summed E-state index contributed by atoms with van der Waals surface area (Å²) in [7, 11) is -12.0. The van der Waals surface area contributed by atoms with Crippen molar-refractivity contribution in [1.82, 2.24) is 0 Å². The number of fused-ring (bicyclic) bond motifs is 2. The molecule has 0 saturated heterocycles. The van der Waals surface area contributed by atoms with Gasteiger partial charge in [0, 0.05) is 23.3 Å². The van der Waals surface area contributed by atoms with Gasteiger partial charge in [-0.2, -0.15) is 9.13 Å². The van der Waals surface area contributed by atoms with Crippen LogP contribution in [0.4, 0.5) is 34.5 Å². The molecule has 6 aromatic rings. The van der Waals surface area contributed by atoms with Crippen LogP contribution in [0.25, 0.3) is 22.3 Å². The monoisotopic (exact) mass is 960 g/mol. The molecule has 7 rings (SSSR count). The van der Waals surface area contributed by atoms with Crippen molar-refractivity contribution in [3.05, 3.63) is 158 Å². The van der Waals surface area contributed by atoms with E-state index >= 15 is 0 Å². The highest BCUT2D eigenvalue weighted by Gasteiger charge is 2.21. The number of nitrogens with zero attached hydrogens (tertiary/aromatic N) is 2. The maximum atomic E-state index is 9.75. The summed E-state index contributed by atoms with van der Waals surface area (Å²) in [6.07, 6.45) is 8.70. The standard InChI is InChI=1S/C24H22N2.C24H32O8.2BF4/c1-3-9-21(10-4-1)23-13-7-15-25(19-23)17-18-26-16-8-14-24(20-26)22-11-5-2-6-12-22;1-2-6-22-21(5-1)29-17-13-25-9-10-27-15-19-31-23-7-3-4-8-24(23)32-20-16-28-12-11-26-14-18-30-22;2*2-1(3,4)5/h1-16,19-20H,17-18H2;1-8H,9-20H2;;/q+2;;2*-1. The Kier molecular flexibility index (Phi) is 24.8. The third-order valence-electron chi connectivity index (χ3n) is 8.93. The molecule has 0 atom stereocenters. The maximum absolute atomic E-state index is 9.75. The highest BCUT2D eigenvalue weighted by Crippen LogP contribution is 2.27. The van der Waals surface area contributed by atoms with Crippen LogP contribution in [-0.2, 0) is 32.0 Å². The average molecular weight is 961 g/mol.